The number of aromatic nitrogens is 2. The van der Waals surface area contributed by atoms with E-state index in [0.29, 0.717) is 11.9 Å². The van der Waals surface area contributed by atoms with E-state index in [1.807, 2.05) is 11.8 Å². The van der Waals surface area contributed by atoms with Crippen LogP contribution in [-0.2, 0) is 5.88 Å². The quantitative estimate of drug-likeness (QED) is 0.769. The average molecular weight is 281 g/mol. The van der Waals surface area contributed by atoms with Gasteiger partial charge in [0.25, 0.3) is 0 Å². The summed E-state index contributed by atoms with van der Waals surface area (Å²) in [5.74, 6) is 3.99. The van der Waals surface area contributed by atoms with Gasteiger partial charge in [-0.05, 0) is 37.1 Å². The summed E-state index contributed by atoms with van der Waals surface area (Å²) in [4.78, 5) is 4.69. The molecule has 96 valence electrons. The average Bonchev–Trinajstić information content (AvgIpc) is 2.79. The Morgan fingerprint density at radius 1 is 1.50 bits per heavy atom. The number of benzene rings is 1. The van der Waals surface area contributed by atoms with Crippen molar-refractivity contribution in [1.29, 1.82) is 0 Å². The zero-order valence-corrected chi connectivity index (χ0v) is 12.1. The first-order chi connectivity index (χ1) is 8.81. The summed E-state index contributed by atoms with van der Waals surface area (Å²) in [5, 5.41) is 0. The summed E-state index contributed by atoms with van der Waals surface area (Å²) >= 11 is 8.13. The highest BCUT2D eigenvalue weighted by Crippen LogP contribution is 2.32. The van der Waals surface area contributed by atoms with Crippen molar-refractivity contribution in [1.82, 2.24) is 9.55 Å². The standard InChI is InChI=1S/C14H17ClN2S/c1-10-4-2-6-12-14(10)17(13(8-15)16-12)11-5-3-7-18-9-11/h2,4,6,11H,3,5,7-9H2,1H3. The lowest BCUT2D eigenvalue weighted by molar-refractivity contribution is 0.499. The number of alkyl halides is 1. The highest BCUT2D eigenvalue weighted by Gasteiger charge is 2.21. The van der Waals surface area contributed by atoms with E-state index in [2.05, 4.69) is 34.7 Å². The smallest absolute Gasteiger partial charge is 0.125 e. The molecule has 2 nitrogen and oxygen atoms in total. The molecule has 1 unspecified atom stereocenters. The van der Waals surface area contributed by atoms with E-state index in [0.717, 1.165) is 11.3 Å². The molecule has 1 atom stereocenters. The number of imidazole rings is 1. The van der Waals surface area contributed by atoms with Crippen molar-refractivity contribution in [3.8, 4) is 0 Å². The Labute approximate surface area is 117 Å². The summed E-state index contributed by atoms with van der Waals surface area (Å²) in [6.07, 6.45) is 2.54. The van der Waals surface area contributed by atoms with Gasteiger partial charge in [-0.15, -0.1) is 11.6 Å². The number of hydrogen-bond donors (Lipinski definition) is 0. The minimum absolute atomic E-state index is 0.495. The zero-order valence-electron chi connectivity index (χ0n) is 10.5. The van der Waals surface area contributed by atoms with E-state index in [4.69, 9.17) is 11.6 Å². The fraction of sp³-hybridized carbons (Fsp3) is 0.500. The highest BCUT2D eigenvalue weighted by atomic mass is 35.5. The predicted molar refractivity (Wildman–Crippen MR) is 79.6 cm³/mol. The van der Waals surface area contributed by atoms with Crippen molar-refractivity contribution in [2.45, 2.75) is 31.7 Å². The molecule has 0 aliphatic carbocycles. The molecule has 0 N–H and O–H groups in total. The molecule has 1 saturated heterocycles. The van der Waals surface area contributed by atoms with Crippen LogP contribution in [0.2, 0.25) is 0 Å². The van der Waals surface area contributed by atoms with E-state index < -0.39 is 0 Å². The Bertz CT molecular complexity index is 558. The number of hydrogen-bond acceptors (Lipinski definition) is 2. The van der Waals surface area contributed by atoms with Crippen molar-refractivity contribution in [2.75, 3.05) is 11.5 Å². The molecule has 3 rings (SSSR count). The van der Waals surface area contributed by atoms with Crippen molar-refractivity contribution in [2.24, 2.45) is 0 Å². The molecule has 2 heterocycles. The maximum absolute atomic E-state index is 6.08. The number of nitrogens with zero attached hydrogens (tertiary/aromatic N) is 2. The second-order valence-corrected chi connectivity index (χ2v) is 6.26. The normalized spacial score (nSPS) is 20.4. The maximum atomic E-state index is 6.08. The van der Waals surface area contributed by atoms with Gasteiger partial charge in [-0.2, -0.15) is 11.8 Å². The van der Waals surface area contributed by atoms with Crippen LogP contribution in [0.1, 0.15) is 30.3 Å². The monoisotopic (exact) mass is 280 g/mol. The van der Waals surface area contributed by atoms with Crippen LogP contribution >= 0.6 is 23.4 Å². The summed E-state index contributed by atoms with van der Waals surface area (Å²) < 4.78 is 2.39. The Morgan fingerprint density at radius 2 is 2.39 bits per heavy atom. The van der Waals surface area contributed by atoms with Crippen LogP contribution in [-0.4, -0.2) is 21.1 Å². The van der Waals surface area contributed by atoms with Crippen LogP contribution in [0.3, 0.4) is 0 Å². The molecule has 4 heteroatoms. The SMILES string of the molecule is Cc1cccc2nc(CCl)n(C3CCCSC3)c12. The first-order valence-electron chi connectivity index (χ1n) is 6.41. The minimum atomic E-state index is 0.495. The number of aryl methyl sites for hydroxylation is 1. The molecular formula is C14H17ClN2S. The fourth-order valence-electron chi connectivity index (χ4n) is 2.78. The zero-order chi connectivity index (χ0) is 12.5. The molecule has 0 radical (unpaired) electrons. The molecule has 1 fully saturated rings. The van der Waals surface area contributed by atoms with Crippen molar-refractivity contribution < 1.29 is 0 Å². The van der Waals surface area contributed by atoms with Gasteiger partial charge in [0.1, 0.15) is 5.82 Å². The number of thioether (sulfide) groups is 1. The molecule has 2 aromatic rings. The molecule has 0 spiro atoms. The Kier molecular flexibility index (Phi) is 3.53. The van der Waals surface area contributed by atoms with Crippen molar-refractivity contribution >= 4 is 34.4 Å². The van der Waals surface area contributed by atoms with E-state index in [-0.39, 0.29) is 0 Å². The summed E-state index contributed by atoms with van der Waals surface area (Å²) in [5.41, 5.74) is 3.66. The summed E-state index contributed by atoms with van der Waals surface area (Å²) in [6.45, 7) is 2.16. The van der Waals surface area contributed by atoms with Gasteiger partial charge in [-0.1, -0.05) is 12.1 Å². The number of halogens is 1. The largest absolute Gasteiger partial charge is 0.323 e. The van der Waals surface area contributed by atoms with E-state index in [1.54, 1.807) is 0 Å². The molecular weight excluding hydrogens is 264 g/mol. The summed E-state index contributed by atoms with van der Waals surface area (Å²) in [6, 6.07) is 6.88. The van der Waals surface area contributed by atoms with Crippen molar-refractivity contribution in [3.05, 3.63) is 29.6 Å². The van der Waals surface area contributed by atoms with E-state index in [1.165, 1.54) is 35.4 Å². The van der Waals surface area contributed by atoms with Gasteiger partial charge in [0.2, 0.25) is 0 Å². The third kappa shape index (κ3) is 2.04. The molecule has 0 saturated carbocycles. The lowest BCUT2D eigenvalue weighted by Crippen LogP contribution is -2.18. The van der Waals surface area contributed by atoms with Gasteiger partial charge >= 0.3 is 0 Å². The Hall–Kier alpha value is -0.670. The second kappa shape index (κ2) is 5.14. The second-order valence-electron chi connectivity index (χ2n) is 4.85. The lowest BCUT2D eigenvalue weighted by Gasteiger charge is -2.25. The van der Waals surface area contributed by atoms with Gasteiger partial charge in [0.05, 0.1) is 16.9 Å². The highest BCUT2D eigenvalue weighted by molar-refractivity contribution is 7.99. The summed E-state index contributed by atoms with van der Waals surface area (Å²) in [7, 11) is 0. The van der Waals surface area contributed by atoms with Gasteiger partial charge in [0.15, 0.2) is 0 Å². The van der Waals surface area contributed by atoms with Crippen LogP contribution in [0.5, 0.6) is 0 Å². The predicted octanol–water partition coefficient (Wildman–Crippen LogP) is 4.15. The van der Waals surface area contributed by atoms with E-state index >= 15 is 0 Å². The first-order valence-corrected chi connectivity index (χ1v) is 8.10. The van der Waals surface area contributed by atoms with E-state index in [9.17, 15) is 0 Å². The number of rotatable bonds is 2. The molecule has 18 heavy (non-hydrogen) atoms. The third-order valence-electron chi connectivity index (χ3n) is 3.61. The topological polar surface area (TPSA) is 17.8 Å². The molecule has 1 aromatic heterocycles. The first kappa shape index (κ1) is 12.4. The van der Waals surface area contributed by atoms with Gasteiger partial charge in [-0.25, -0.2) is 4.98 Å². The third-order valence-corrected chi connectivity index (χ3v) is 5.04. The van der Waals surface area contributed by atoms with Gasteiger partial charge in [0, 0.05) is 11.8 Å². The number of para-hydroxylation sites is 1. The molecule has 1 aliphatic rings. The lowest BCUT2D eigenvalue weighted by atomic mass is 10.1. The molecule has 1 aliphatic heterocycles. The fourth-order valence-corrected chi connectivity index (χ4v) is 4.10. The van der Waals surface area contributed by atoms with Gasteiger partial charge in [-0.3, -0.25) is 0 Å². The Morgan fingerprint density at radius 3 is 3.11 bits per heavy atom. The van der Waals surface area contributed by atoms with Crippen LogP contribution in [0.25, 0.3) is 11.0 Å². The molecule has 0 bridgehead atoms. The minimum Gasteiger partial charge on any atom is -0.323 e. The Balaban J connectivity index is 2.17. The van der Waals surface area contributed by atoms with Crippen LogP contribution in [0, 0.1) is 6.92 Å². The van der Waals surface area contributed by atoms with Gasteiger partial charge < -0.3 is 4.57 Å². The van der Waals surface area contributed by atoms with Crippen molar-refractivity contribution in [3.63, 3.8) is 0 Å². The molecule has 1 aromatic carbocycles. The maximum Gasteiger partial charge on any atom is 0.125 e. The molecule has 0 amide bonds. The number of fused-ring (bicyclic) bond motifs is 1. The van der Waals surface area contributed by atoms with Crippen LogP contribution in [0.4, 0.5) is 0 Å². The van der Waals surface area contributed by atoms with Crippen LogP contribution in [0.15, 0.2) is 18.2 Å². The van der Waals surface area contributed by atoms with Crippen LogP contribution < -0.4 is 0 Å².